The van der Waals surface area contributed by atoms with Crippen molar-refractivity contribution in [3.05, 3.63) is 29.6 Å². The van der Waals surface area contributed by atoms with Gasteiger partial charge in [-0.2, -0.15) is 0 Å². The number of sulfone groups is 1. The van der Waals surface area contributed by atoms with Crippen LogP contribution >= 0.6 is 0 Å². The molecule has 2 amide bonds. The first-order chi connectivity index (χ1) is 12.3. The lowest BCUT2D eigenvalue weighted by Crippen LogP contribution is -2.39. The Labute approximate surface area is 154 Å². The average molecular weight is 379 g/mol. The maximum atomic E-state index is 12.7. The maximum Gasteiger partial charge on any atom is 0.272 e. The van der Waals surface area contributed by atoms with Crippen LogP contribution in [-0.4, -0.2) is 72.7 Å². The summed E-state index contributed by atoms with van der Waals surface area (Å²) in [7, 11) is -1.48. The molecule has 2 saturated heterocycles. The van der Waals surface area contributed by atoms with E-state index in [1.54, 1.807) is 30.1 Å². The topological polar surface area (TPSA) is 87.7 Å². The lowest BCUT2D eigenvalue weighted by atomic mass is 9.99. The molecule has 0 N–H and O–H groups in total. The Morgan fingerprint density at radius 3 is 2.42 bits per heavy atom. The van der Waals surface area contributed by atoms with E-state index in [0.717, 1.165) is 12.8 Å². The second kappa shape index (κ2) is 7.34. The Bertz CT molecular complexity index is 800. The van der Waals surface area contributed by atoms with Crippen LogP contribution in [0.2, 0.25) is 0 Å². The zero-order valence-corrected chi connectivity index (χ0v) is 16.0. The van der Waals surface area contributed by atoms with Gasteiger partial charge in [-0.05, 0) is 37.3 Å². The Balaban J connectivity index is 1.72. The summed E-state index contributed by atoms with van der Waals surface area (Å²) in [5.74, 6) is 0.206. The normalized spacial score (nSPS) is 23.0. The summed E-state index contributed by atoms with van der Waals surface area (Å²) in [6, 6.07) is 4.51. The van der Waals surface area contributed by atoms with E-state index in [2.05, 4.69) is 11.9 Å². The van der Waals surface area contributed by atoms with Crippen molar-refractivity contribution in [1.29, 1.82) is 0 Å². The van der Waals surface area contributed by atoms with Crippen LogP contribution in [-0.2, 0) is 9.84 Å². The highest BCUT2D eigenvalue weighted by molar-refractivity contribution is 7.91. The molecule has 3 rings (SSSR count). The van der Waals surface area contributed by atoms with Gasteiger partial charge in [-0.25, -0.2) is 13.4 Å². The standard InChI is InChI=1S/C18H25N3O4S/c1-13-6-9-21(10-7-13)18(23)16-5-3-4-15(19-16)17(22)20(2)14-8-11-26(24,25)12-14/h3-5,13-14H,6-12H2,1-2H3. The van der Waals surface area contributed by atoms with E-state index >= 15 is 0 Å². The molecule has 142 valence electrons. The minimum Gasteiger partial charge on any atom is -0.337 e. The van der Waals surface area contributed by atoms with Crippen molar-refractivity contribution < 1.29 is 18.0 Å². The summed E-state index contributed by atoms with van der Waals surface area (Å²) < 4.78 is 23.3. The number of hydrogen-bond donors (Lipinski definition) is 0. The highest BCUT2D eigenvalue weighted by atomic mass is 32.2. The summed E-state index contributed by atoms with van der Waals surface area (Å²) in [5.41, 5.74) is 0.436. The summed E-state index contributed by atoms with van der Waals surface area (Å²) in [6.45, 7) is 3.60. The molecule has 0 saturated carbocycles. The second-order valence-corrected chi connectivity index (χ2v) is 9.58. The van der Waals surface area contributed by atoms with E-state index in [0.29, 0.717) is 25.4 Å². The Kier molecular flexibility index (Phi) is 5.32. The van der Waals surface area contributed by atoms with Crippen molar-refractivity contribution in [3.8, 4) is 0 Å². The van der Waals surface area contributed by atoms with Crippen LogP contribution in [0.4, 0.5) is 0 Å². The number of likely N-dealkylation sites (tertiary alicyclic amines) is 1. The third kappa shape index (κ3) is 4.06. The molecule has 0 aliphatic carbocycles. The maximum absolute atomic E-state index is 12.7. The summed E-state index contributed by atoms with van der Waals surface area (Å²) in [4.78, 5) is 32.8. The highest BCUT2D eigenvalue weighted by Gasteiger charge is 2.33. The molecule has 26 heavy (non-hydrogen) atoms. The van der Waals surface area contributed by atoms with Gasteiger partial charge in [-0.15, -0.1) is 0 Å². The second-order valence-electron chi connectivity index (χ2n) is 7.36. The molecule has 0 spiro atoms. The Morgan fingerprint density at radius 2 is 1.81 bits per heavy atom. The number of nitrogens with zero attached hydrogens (tertiary/aromatic N) is 3. The molecule has 2 fully saturated rings. The first kappa shape index (κ1) is 18.8. The number of pyridine rings is 1. The first-order valence-electron chi connectivity index (χ1n) is 9.01. The molecule has 1 aromatic rings. The number of rotatable bonds is 3. The van der Waals surface area contributed by atoms with Crippen molar-refractivity contribution in [3.63, 3.8) is 0 Å². The van der Waals surface area contributed by atoms with Gasteiger partial charge in [0.25, 0.3) is 11.8 Å². The van der Waals surface area contributed by atoms with Gasteiger partial charge in [0.1, 0.15) is 11.4 Å². The number of hydrogen-bond acceptors (Lipinski definition) is 5. The zero-order chi connectivity index (χ0) is 18.9. The smallest absolute Gasteiger partial charge is 0.272 e. The van der Waals surface area contributed by atoms with Gasteiger partial charge in [0.2, 0.25) is 0 Å². The van der Waals surface area contributed by atoms with E-state index in [1.807, 2.05) is 0 Å². The summed E-state index contributed by atoms with van der Waals surface area (Å²) in [6.07, 6.45) is 2.39. The van der Waals surface area contributed by atoms with E-state index in [4.69, 9.17) is 0 Å². The van der Waals surface area contributed by atoms with Gasteiger partial charge in [-0.1, -0.05) is 13.0 Å². The van der Waals surface area contributed by atoms with Crippen molar-refractivity contribution in [2.45, 2.75) is 32.2 Å². The Morgan fingerprint density at radius 1 is 1.15 bits per heavy atom. The molecule has 2 aliphatic heterocycles. The third-order valence-electron chi connectivity index (χ3n) is 5.33. The molecular formula is C18H25N3O4S. The first-order valence-corrected chi connectivity index (χ1v) is 10.8. The molecule has 0 aromatic carbocycles. The van der Waals surface area contributed by atoms with Crippen LogP contribution in [0.1, 0.15) is 47.2 Å². The van der Waals surface area contributed by atoms with Gasteiger partial charge < -0.3 is 9.80 Å². The fourth-order valence-electron chi connectivity index (χ4n) is 3.47. The Hall–Kier alpha value is -1.96. The van der Waals surface area contributed by atoms with Crippen LogP contribution in [0, 0.1) is 5.92 Å². The number of carbonyl (C=O) groups excluding carboxylic acids is 2. The van der Waals surface area contributed by atoms with Gasteiger partial charge >= 0.3 is 0 Å². The highest BCUT2D eigenvalue weighted by Crippen LogP contribution is 2.20. The third-order valence-corrected chi connectivity index (χ3v) is 7.08. The fraction of sp³-hybridized carbons (Fsp3) is 0.611. The van der Waals surface area contributed by atoms with Crippen molar-refractivity contribution in [2.24, 2.45) is 5.92 Å². The van der Waals surface area contributed by atoms with Crippen molar-refractivity contribution in [1.82, 2.24) is 14.8 Å². The van der Waals surface area contributed by atoms with Crippen molar-refractivity contribution >= 4 is 21.7 Å². The van der Waals surface area contributed by atoms with Crippen LogP contribution in [0.15, 0.2) is 18.2 Å². The molecular weight excluding hydrogens is 354 g/mol. The van der Waals surface area contributed by atoms with Crippen LogP contribution in [0.25, 0.3) is 0 Å². The van der Waals surface area contributed by atoms with E-state index < -0.39 is 9.84 Å². The summed E-state index contributed by atoms with van der Waals surface area (Å²) >= 11 is 0. The molecule has 7 nitrogen and oxygen atoms in total. The molecule has 1 aromatic heterocycles. The van der Waals surface area contributed by atoms with E-state index in [9.17, 15) is 18.0 Å². The fourth-order valence-corrected chi connectivity index (χ4v) is 5.25. The number of aromatic nitrogens is 1. The predicted molar refractivity (Wildman–Crippen MR) is 97.7 cm³/mol. The molecule has 3 heterocycles. The molecule has 1 atom stereocenters. The number of carbonyl (C=O) groups is 2. The number of amides is 2. The average Bonchev–Trinajstić information content (AvgIpc) is 3.00. The molecule has 0 bridgehead atoms. The van der Waals surface area contributed by atoms with Gasteiger partial charge in [0.05, 0.1) is 11.5 Å². The minimum atomic E-state index is -3.07. The summed E-state index contributed by atoms with van der Waals surface area (Å²) in [5, 5.41) is 0. The van der Waals surface area contributed by atoms with Gasteiger partial charge in [0.15, 0.2) is 9.84 Å². The van der Waals surface area contributed by atoms with Crippen LogP contribution in [0.3, 0.4) is 0 Å². The van der Waals surface area contributed by atoms with E-state index in [1.165, 1.54) is 4.90 Å². The molecule has 0 radical (unpaired) electrons. The lowest BCUT2D eigenvalue weighted by Gasteiger charge is -2.30. The SMILES string of the molecule is CC1CCN(C(=O)c2cccc(C(=O)N(C)C3CCS(=O)(=O)C3)n2)CC1. The molecule has 2 aliphatic rings. The van der Waals surface area contributed by atoms with E-state index in [-0.39, 0.29) is 40.7 Å². The zero-order valence-electron chi connectivity index (χ0n) is 15.2. The van der Waals surface area contributed by atoms with Gasteiger partial charge in [-0.3, -0.25) is 9.59 Å². The monoisotopic (exact) mass is 379 g/mol. The quantitative estimate of drug-likeness (QED) is 0.788. The van der Waals surface area contributed by atoms with Gasteiger partial charge in [0, 0.05) is 26.2 Å². The molecule has 8 heteroatoms. The lowest BCUT2D eigenvalue weighted by molar-refractivity contribution is 0.0690. The predicted octanol–water partition coefficient (Wildman–Crippen LogP) is 1.21. The van der Waals surface area contributed by atoms with Crippen LogP contribution < -0.4 is 0 Å². The largest absolute Gasteiger partial charge is 0.337 e. The van der Waals surface area contributed by atoms with Crippen LogP contribution in [0.5, 0.6) is 0 Å². The minimum absolute atomic E-state index is 0.0141. The number of piperidine rings is 1. The van der Waals surface area contributed by atoms with Crippen molar-refractivity contribution in [2.75, 3.05) is 31.6 Å². The molecule has 1 unspecified atom stereocenters.